The van der Waals surface area contributed by atoms with E-state index >= 15 is 0 Å². The monoisotopic (exact) mass is 299 g/mol. The van der Waals surface area contributed by atoms with Crippen LogP contribution in [0.4, 0.5) is 0 Å². The van der Waals surface area contributed by atoms with Crippen LogP contribution < -0.4 is 16.4 Å². The molecule has 0 aliphatic carbocycles. The van der Waals surface area contributed by atoms with Crippen LogP contribution in [-0.2, 0) is 9.59 Å². The van der Waals surface area contributed by atoms with Crippen LogP contribution in [0.2, 0.25) is 0 Å². The zero-order valence-corrected chi connectivity index (χ0v) is 14.2. The van der Waals surface area contributed by atoms with Gasteiger partial charge < -0.3 is 16.4 Å². The zero-order chi connectivity index (χ0) is 16.4. The number of Topliss-reactive ketones (excluding diaryl/α,β-unsaturated/α-hetero) is 1. The van der Waals surface area contributed by atoms with Crippen LogP contribution in [-0.4, -0.2) is 36.4 Å². The summed E-state index contributed by atoms with van der Waals surface area (Å²) in [5, 5.41) is 6.19. The van der Waals surface area contributed by atoms with E-state index in [0.717, 1.165) is 12.8 Å². The molecule has 124 valence electrons. The Bertz CT molecular complexity index is 317. The lowest BCUT2D eigenvalue weighted by atomic mass is 9.99. The molecule has 0 bridgehead atoms. The Kier molecular flexibility index (Phi) is 10.3. The second-order valence-corrected chi connectivity index (χ2v) is 6.21. The molecular formula is C16H33N3O2. The predicted molar refractivity (Wildman–Crippen MR) is 87.0 cm³/mol. The molecule has 0 saturated heterocycles. The predicted octanol–water partition coefficient (Wildman–Crippen LogP) is 1.60. The van der Waals surface area contributed by atoms with Gasteiger partial charge in [-0.05, 0) is 31.7 Å². The van der Waals surface area contributed by atoms with Crippen LogP contribution in [0, 0.1) is 5.92 Å². The smallest absolute Gasteiger partial charge is 0.237 e. The Labute approximate surface area is 129 Å². The molecule has 0 fully saturated rings. The van der Waals surface area contributed by atoms with Crippen LogP contribution in [0.25, 0.3) is 0 Å². The number of hydrogen-bond acceptors (Lipinski definition) is 4. The summed E-state index contributed by atoms with van der Waals surface area (Å²) in [5.41, 5.74) is 5.49. The highest BCUT2D eigenvalue weighted by atomic mass is 16.2. The van der Waals surface area contributed by atoms with E-state index in [1.54, 1.807) is 0 Å². The standard InChI is InChI=1S/C16H33N3O2/c1-6-14(20)13(9-7-8-10-17)19-16(21)15(11(2)3)18-12(4)5/h11-13,15,18H,6-10,17H2,1-5H3,(H,19,21)/t13-,15-/m0/s1. The summed E-state index contributed by atoms with van der Waals surface area (Å²) in [5.74, 6) is 0.180. The van der Waals surface area contributed by atoms with E-state index < -0.39 is 0 Å². The van der Waals surface area contributed by atoms with Crippen molar-refractivity contribution in [3.63, 3.8) is 0 Å². The molecule has 0 unspecified atom stereocenters. The first kappa shape index (κ1) is 20.1. The second-order valence-electron chi connectivity index (χ2n) is 6.21. The van der Waals surface area contributed by atoms with Crippen LogP contribution in [0.1, 0.15) is 60.3 Å². The van der Waals surface area contributed by atoms with E-state index in [1.165, 1.54) is 0 Å². The lowest BCUT2D eigenvalue weighted by molar-refractivity contribution is -0.129. The summed E-state index contributed by atoms with van der Waals surface area (Å²) in [7, 11) is 0. The van der Waals surface area contributed by atoms with E-state index in [4.69, 9.17) is 5.73 Å². The summed E-state index contributed by atoms with van der Waals surface area (Å²) < 4.78 is 0. The van der Waals surface area contributed by atoms with Crippen molar-refractivity contribution in [3.8, 4) is 0 Å². The number of hydrogen-bond donors (Lipinski definition) is 3. The van der Waals surface area contributed by atoms with Crippen molar-refractivity contribution in [2.75, 3.05) is 6.54 Å². The molecule has 0 aromatic heterocycles. The third-order valence-electron chi connectivity index (χ3n) is 3.46. The number of nitrogens with one attached hydrogen (secondary N) is 2. The van der Waals surface area contributed by atoms with Crippen LogP contribution in [0.15, 0.2) is 0 Å². The highest BCUT2D eigenvalue weighted by Crippen LogP contribution is 2.08. The van der Waals surface area contributed by atoms with Crippen molar-refractivity contribution in [3.05, 3.63) is 0 Å². The number of ketones is 1. The van der Waals surface area contributed by atoms with Gasteiger partial charge >= 0.3 is 0 Å². The fraction of sp³-hybridized carbons (Fsp3) is 0.875. The Balaban J connectivity index is 4.70. The molecule has 4 N–H and O–H groups in total. The number of rotatable bonds is 11. The SMILES string of the molecule is CCC(=O)[C@H](CCCCN)NC(=O)[C@@H](NC(C)C)C(C)C. The van der Waals surface area contributed by atoms with Gasteiger partial charge in [0, 0.05) is 12.5 Å². The molecule has 0 saturated carbocycles. The molecule has 0 aliphatic rings. The molecule has 0 aromatic rings. The van der Waals surface area contributed by atoms with Crippen LogP contribution in [0.5, 0.6) is 0 Å². The fourth-order valence-electron chi connectivity index (χ4n) is 2.24. The molecule has 0 spiro atoms. The Morgan fingerprint density at radius 2 is 1.71 bits per heavy atom. The highest BCUT2D eigenvalue weighted by Gasteiger charge is 2.26. The van der Waals surface area contributed by atoms with Crippen LogP contribution in [0.3, 0.4) is 0 Å². The van der Waals surface area contributed by atoms with E-state index in [9.17, 15) is 9.59 Å². The van der Waals surface area contributed by atoms with Gasteiger partial charge in [-0.3, -0.25) is 9.59 Å². The number of amides is 1. The third-order valence-corrected chi connectivity index (χ3v) is 3.46. The van der Waals surface area contributed by atoms with Gasteiger partial charge in [-0.1, -0.05) is 34.6 Å². The summed E-state index contributed by atoms with van der Waals surface area (Å²) >= 11 is 0. The number of nitrogens with two attached hydrogens (primary N) is 1. The van der Waals surface area contributed by atoms with Gasteiger partial charge in [-0.15, -0.1) is 0 Å². The maximum absolute atomic E-state index is 12.4. The summed E-state index contributed by atoms with van der Waals surface area (Å²) in [6.45, 7) is 10.5. The first-order valence-corrected chi connectivity index (χ1v) is 8.12. The van der Waals surface area contributed by atoms with Crippen LogP contribution >= 0.6 is 0 Å². The molecule has 0 heterocycles. The van der Waals surface area contributed by atoms with Gasteiger partial charge in [-0.25, -0.2) is 0 Å². The van der Waals surface area contributed by atoms with Crippen molar-refractivity contribution in [1.29, 1.82) is 0 Å². The molecule has 5 nitrogen and oxygen atoms in total. The van der Waals surface area contributed by atoms with Gasteiger partial charge in [0.05, 0.1) is 12.1 Å². The van der Waals surface area contributed by atoms with E-state index in [0.29, 0.717) is 19.4 Å². The number of carbonyl (C=O) groups is 2. The molecule has 2 atom stereocenters. The van der Waals surface area contributed by atoms with Crippen molar-refractivity contribution >= 4 is 11.7 Å². The minimum atomic E-state index is -0.385. The van der Waals surface area contributed by atoms with E-state index in [1.807, 2.05) is 34.6 Å². The zero-order valence-electron chi connectivity index (χ0n) is 14.2. The largest absolute Gasteiger partial charge is 0.345 e. The molecule has 0 radical (unpaired) electrons. The molecule has 0 rings (SSSR count). The average Bonchev–Trinajstić information content (AvgIpc) is 2.42. The lowest BCUT2D eigenvalue weighted by Gasteiger charge is -2.26. The lowest BCUT2D eigenvalue weighted by Crippen LogP contribution is -2.53. The molecular weight excluding hydrogens is 266 g/mol. The fourth-order valence-corrected chi connectivity index (χ4v) is 2.24. The summed E-state index contributed by atoms with van der Waals surface area (Å²) in [6, 6.07) is -0.434. The van der Waals surface area contributed by atoms with Gasteiger partial charge in [0.2, 0.25) is 5.91 Å². The first-order chi connectivity index (χ1) is 9.83. The van der Waals surface area contributed by atoms with E-state index in [2.05, 4.69) is 10.6 Å². The molecule has 0 aromatic carbocycles. The average molecular weight is 299 g/mol. The quantitative estimate of drug-likeness (QED) is 0.506. The van der Waals surface area contributed by atoms with Crippen molar-refractivity contribution in [1.82, 2.24) is 10.6 Å². The first-order valence-electron chi connectivity index (χ1n) is 8.12. The maximum Gasteiger partial charge on any atom is 0.237 e. The molecule has 0 aliphatic heterocycles. The van der Waals surface area contributed by atoms with Crippen molar-refractivity contribution in [2.24, 2.45) is 11.7 Å². The highest BCUT2D eigenvalue weighted by molar-refractivity contribution is 5.90. The summed E-state index contributed by atoms with van der Waals surface area (Å²) in [4.78, 5) is 24.4. The summed E-state index contributed by atoms with van der Waals surface area (Å²) in [6.07, 6.45) is 2.85. The van der Waals surface area contributed by atoms with Gasteiger partial charge in [-0.2, -0.15) is 0 Å². The third kappa shape index (κ3) is 8.17. The second kappa shape index (κ2) is 10.7. The molecule has 1 amide bonds. The number of unbranched alkanes of at least 4 members (excludes halogenated alkanes) is 1. The Morgan fingerprint density at radius 1 is 1.10 bits per heavy atom. The molecule has 21 heavy (non-hydrogen) atoms. The van der Waals surface area contributed by atoms with Crippen molar-refractivity contribution in [2.45, 2.75) is 78.4 Å². The minimum absolute atomic E-state index is 0.0850. The van der Waals surface area contributed by atoms with Gasteiger partial charge in [0.25, 0.3) is 0 Å². The maximum atomic E-state index is 12.4. The normalized spacial score (nSPS) is 14.3. The Hall–Kier alpha value is -0.940. The van der Waals surface area contributed by atoms with Crippen molar-refractivity contribution < 1.29 is 9.59 Å². The molecule has 5 heteroatoms. The van der Waals surface area contributed by atoms with Gasteiger partial charge in [0.15, 0.2) is 5.78 Å². The minimum Gasteiger partial charge on any atom is -0.345 e. The Morgan fingerprint density at radius 3 is 2.14 bits per heavy atom. The number of carbonyl (C=O) groups excluding carboxylic acids is 2. The topological polar surface area (TPSA) is 84.2 Å². The van der Waals surface area contributed by atoms with Gasteiger partial charge in [0.1, 0.15) is 0 Å². The van der Waals surface area contributed by atoms with E-state index in [-0.39, 0.29) is 35.7 Å².